The van der Waals surface area contributed by atoms with E-state index in [2.05, 4.69) is 212 Å². The SMILES string of the molecule is Cc1c(C)n(-c2ccc(N(c3ccccc3)c3ccc4c(c3)-c3ccccc3C4(C)C)cc2)c2cc3c(C(C)(C)C)c4ccccc4c(C(C)(C)C)c3cc12. The molecule has 1 aromatic heterocycles. The van der Waals surface area contributed by atoms with E-state index in [1.807, 2.05) is 0 Å². The molecule has 1 aliphatic carbocycles. The van der Waals surface area contributed by atoms with Crippen molar-refractivity contribution in [3.63, 3.8) is 0 Å². The second-order valence-electron chi connectivity index (χ2n) is 18.3. The molecule has 1 heterocycles. The molecule has 55 heavy (non-hydrogen) atoms. The Morgan fingerprint density at radius 3 is 1.64 bits per heavy atom. The molecular formula is C53H52N2. The van der Waals surface area contributed by atoms with Gasteiger partial charge in [0.2, 0.25) is 0 Å². The lowest BCUT2D eigenvalue weighted by molar-refractivity contribution is 0.593. The second-order valence-corrected chi connectivity index (χ2v) is 18.3. The van der Waals surface area contributed by atoms with Crippen LogP contribution in [0.2, 0.25) is 0 Å². The molecular weight excluding hydrogens is 665 g/mol. The minimum absolute atomic E-state index is 0.0215. The van der Waals surface area contributed by atoms with Gasteiger partial charge in [-0.05, 0) is 146 Å². The number of fused-ring (bicyclic) bond motifs is 6. The van der Waals surface area contributed by atoms with Crippen molar-refractivity contribution >= 4 is 49.5 Å². The average molecular weight is 717 g/mol. The van der Waals surface area contributed by atoms with Gasteiger partial charge < -0.3 is 9.47 Å². The quantitative estimate of drug-likeness (QED) is 0.165. The van der Waals surface area contributed by atoms with Gasteiger partial charge in [-0.3, -0.25) is 0 Å². The van der Waals surface area contributed by atoms with E-state index in [0.717, 1.165) is 17.1 Å². The Morgan fingerprint density at radius 1 is 0.473 bits per heavy atom. The highest BCUT2D eigenvalue weighted by Crippen LogP contribution is 2.51. The Morgan fingerprint density at radius 2 is 1.00 bits per heavy atom. The molecule has 0 saturated carbocycles. The first-order chi connectivity index (χ1) is 26.2. The summed E-state index contributed by atoms with van der Waals surface area (Å²) in [6.07, 6.45) is 0. The van der Waals surface area contributed by atoms with E-state index in [1.165, 1.54) is 82.8 Å². The standard InChI is InChI=1S/C53H52N2/c1-33-34(2)54(48-32-45-44(31-42(33)48)49(51(3,4)5)40-21-14-15-22-41(40)50(45)52(6,7)8)36-24-26-37(27-25-36)55(35-18-12-11-13-19-35)38-28-29-47-43(30-38)39-20-16-17-23-46(39)53(47,9)10/h11-32H,1-10H3. The highest BCUT2D eigenvalue weighted by Gasteiger charge is 2.35. The van der Waals surface area contributed by atoms with Crippen molar-refractivity contribution in [1.82, 2.24) is 4.57 Å². The van der Waals surface area contributed by atoms with Crippen LogP contribution in [-0.4, -0.2) is 4.57 Å². The predicted molar refractivity (Wildman–Crippen MR) is 237 cm³/mol. The maximum Gasteiger partial charge on any atom is 0.0540 e. The van der Waals surface area contributed by atoms with E-state index < -0.39 is 0 Å². The smallest absolute Gasteiger partial charge is 0.0540 e. The molecule has 7 aromatic carbocycles. The van der Waals surface area contributed by atoms with Crippen LogP contribution >= 0.6 is 0 Å². The first-order valence-corrected chi connectivity index (χ1v) is 19.9. The number of hydrogen-bond donors (Lipinski definition) is 0. The summed E-state index contributed by atoms with van der Waals surface area (Å²) in [4.78, 5) is 2.39. The molecule has 1 aliphatic rings. The second kappa shape index (κ2) is 12.2. The fraction of sp³-hybridized carbons (Fsp3) is 0.245. The van der Waals surface area contributed by atoms with Gasteiger partial charge in [0, 0.05) is 39.2 Å². The van der Waals surface area contributed by atoms with Crippen LogP contribution in [0.4, 0.5) is 17.1 Å². The molecule has 0 bridgehead atoms. The molecule has 274 valence electrons. The normalized spacial score (nSPS) is 13.8. The molecule has 0 saturated heterocycles. The van der Waals surface area contributed by atoms with Crippen LogP contribution in [0, 0.1) is 13.8 Å². The Labute approximate surface area is 327 Å². The van der Waals surface area contributed by atoms with Crippen LogP contribution in [0.25, 0.3) is 49.3 Å². The van der Waals surface area contributed by atoms with E-state index in [4.69, 9.17) is 0 Å². The third-order valence-electron chi connectivity index (χ3n) is 12.4. The zero-order valence-electron chi connectivity index (χ0n) is 34.1. The molecule has 0 unspecified atom stereocenters. The van der Waals surface area contributed by atoms with Gasteiger partial charge in [-0.2, -0.15) is 0 Å². The van der Waals surface area contributed by atoms with Gasteiger partial charge in [0.1, 0.15) is 0 Å². The van der Waals surface area contributed by atoms with Gasteiger partial charge in [-0.15, -0.1) is 0 Å². The van der Waals surface area contributed by atoms with Gasteiger partial charge in [0.05, 0.1) is 5.52 Å². The average Bonchev–Trinajstić information content (AvgIpc) is 3.53. The summed E-state index contributed by atoms with van der Waals surface area (Å²) < 4.78 is 2.48. The lowest BCUT2D eigenvalue weighted by Gasteiger charge is -2.30. The van der Waals surface area contributed by atoms with E-state index in [9.17, 15) is 0 Å². The minimum Gasteiger partial charge on any atom is -0.314 e. The molecule has 0 fully saturated rings. The monoisotopic (exact) mass is 716 g/mol. The Kier molecular flexibility index (Phi) is 7.79. The van der Waals surface area contributed by atoms with Gasteiger partial charge in [-0.1, -0.05) is 128 Å². The number of aryl methyl sites for hydroxylation is 1. The van der Waals surface area contributed by atoms with Gasteiger partial charge in [0.25, 0.3) is 0 Å². The van der Waals surface area contributed by atoms with Crippen LogP contribution in [0.15, 0.2) is 133 Å². The Bertz CT molecular complexity index is 2800. The van der Waals surface area contributed by atoms with Crippen LogP contribution in [0.5, 0.6) is 0 Å². The number of benzene rings is 7. The van der Waals surface area contributed by atoms with Crippen molar-refractivity contribution in [2.24, 2.45) is 0 Å². The topological polar surface area (TPSA) is 8.17 Å². The summed E-state index contributed by atoms with van der Waals surface area (Å²) >= 11 is 0. The van der Waals surface area contributed by atoms with Crippen molar-refractivity contribution in [2.75, 3.05) is 4.90 Å². The Hall–Kier alpha value is -5.60. The number of anilines is 3. The molecule has 8 aromatic rings. The van der Waals surface area contributed by atoms with Crippen LogP contribution < -0.4 is 4.90 Å². The van der Waals surface area contributed by atoms with Crippen LogP contribution in [0.1, 0.15) is 88.9 Å². The lowest BCUT2D eigenvalue weighted by Crippen LogP contribution is -2.17. The van der Waals surface area contributed by atoms with E-state index in [1.54, 1.807) is 0 Å². The molecule has 0 atom stereocenters. The number of rotatable bonds is 4. The van der Waals surface area contributed by atoms with Crippen LogP contribution in [0.3, 0.4) is 0 Å². The third kappa shape index (κ3) is 5.36. The fourth-order valence-electron chi connectivity index (χ4n) is 9.81. The largest absolute Gasteiger partial charge is 0.314 e. The van der Waals surface area contributed by atoms with E-state index in [-0.39, 0.29) is 16.2 Å². The van der Waals surface area contributed by atoms with Crippen LogP contribution in [-0.2, 0) is 16.2 Å². The first-order valence-electron chi connectivity index (χ1n) is 19.9. The summed E-state index contributed by atoms with van der Waals surface area (Å²) in [7, 11) is 0. The zero-order chi connectivity index (χ0) is 38.6. The van der Waals surface area contributed by atoms with Gasteiger partial charge in [0.15, 0.2) is 0 Å². The Balaban J connectivity index is 1.23. The zero-order valence-corrected chi connectivity index (χ0v) is 34.1. The van der Waals surface area contributed by atoms with E-state index >= 15 is 0 Å². The van der Waals surface area contributed by atoms with E-state index in [0.29, 0.717) is 0 Å². The molecule has 0 amide bonds. The fourth-order valence-corrected chi connectivity index (χ4v) is 9.81. The summed E-state index contributed by atoms with van der Waals surface area (Å²) in [5.41, 5.74) is 16.7. The lowest BCUT2D eigenvalue weighted by atomic mass is 9.74. The third-order valence-corrected chi connectivity index (χ3v) is 12.4. The van der Waals surface area contributed by atoms with Crippen molar-refractivity contribution in [2.45, 2.75) is 85.5 Å². The van der Waals surface area contributed by atoms with Crippen molar-refractivity contribution in [3.05, 3.63) is 167 Å². The molecule has 0 spiro atoms. The van der Waals surface area contributed by atoms with Crippen molar-refractivity contribution < 1.29 is 0 Å². The maximum atomic E-state index is 2.50. The number of hydrogen-bond acceptors (Lipinski definition) is 1. The molecule has 2 nitrogen and oxygen atoms in total. The summed E-state index contributed by atoms with van der Waals surface area (Å²) in [5.74, 6) is 0. The highest BCUT2D eigenvalue weighted by atomic mass is 15.1. The minimum atomic E-state index is -0.0403. The van der Waals surface area contributed by atoms with Crippen molar-refractivity contribution in [3.8, 4) is 16.8 Å². The number of nitrogens with zero attached hydrogens (tertiary/aromatic N) is 2. The maximum absolute atomic E-state index is 2.50. The van der Waals surface area contributed by atoms with Gasteiger partial charge >= 0.3 is 0 Å². The summed E-state index contributed by atoms with van der Waals surface area (Å²) in [6, 6.07) is 50.0. The highest BCUT2D eigenvalue weighted by molar-refractivity contribution is 6.12. The van der Waals surface area contributed by atoms with Gasteiger partial charge in [-0.25, -0.2) is 0 Å². The molecule has 9 rings (SSSR count). The predicted octanol–water partition coefficient (Wildman–Crippen LogP) is 14.9. The first kappa shape index (κ1) is 35.1. The summed E-state index contributed by atoms with van der Waals surface area (Å²) in [6.45, 7) is 23.4. The number of para-hydroxylation sites is 1. The molecule has 0 radical (unpaired) electrons. The molecule has 0 N–H and O–H groups in total. The molecule has 2 heteroatoms. The molecule has 0 aliphatic heterocycles. The summed E-state index contributed by atoms with van der Waals surface area (Å²) in [5, 5.41) is 6.79. The van der Waals surface area contributed by atoms with Crippen molar-refractivity contribution in [1.29, 1.82) is 0 Å². The number of aromatic nitrogens is 1.